The summed E-state index contributed by atoms with van der Waals surface area (Å²) >= 11 is 0. The zero-order chi connectivity index (χ0) is 5.21. The van der Waals surface area contributed by atoms with Crippen LogP contribution in [-0.2, 0) is 4.57 Å². The van der Waals surface area contributed by atoms with E-state index in [2.05, 4.69) is 0 Å². The molecule has 0 fully saturated rings. The Morgan fingerprint density at radius 3 is 1.33 bits per heavy atom. The molecule has 0 aliphatic heterocycles. The van der Waals surface area contributed by atoms with E-state index in [9.17, 15) is 4.57 Å². The van der Waals surface area contributed by atoms with Gasteiger partial charge in [-0.2, -0.15) is 0 Å². The van der Waals surface area contributed by atoms with Gasteiger partial charge in [0.05, 0.1) is 0 Å². The van der Waals surface area contributed by atoms with E-state index in [1.54, 1.807) is 0 Å². The topological polar surface area (TPSA) is 77.8 Å². The van der Waals surface area contributed by atoms with Crippen molar-refractivity contribution in [1.29, 1.82) is 0 Å². The SMILES string of the molecule is O=P(O)(O)CO.[H-].[H-].[H-].[K+].[K+].[K+]. The van der Waals surface area contributed by atoms with Crippen molar-refractivity contribution in [2.45, 2.75) is 0 Å². The normalized spacial score (nSPS) is 7.89. The van der Waals surface area contributed by atoms with E-state index in [1.165, 1.54) is 0 Å². The van der Waals surface area contributed by atoms with Gasteiger partial charge in [-0.05, 0) is 0 Å². The number of hydrogen-bond donors (Lipinski definition) is 3. The van der Waals surface area contributed by atoms with Crippen LogP contribution in [0, 0.1) is 0 Å². The first-order valence-corrected chi connectivity index (χ1v) is 3.01. The van der Waals surface area contributed by atoms with Gasteiger partial charge in [-0.3, -0.25) is 4.57 Å². The van der Waals surface area contributed by atoms with Gasteiger partial charge in [0.25, 0.3) is 0 Å². The smallest absolute Gasteiger partial charge is 1.00 e. The third-order valence-electron chi connectivity index (χ3n) is 0.184. The van der Waals surface area contributed by atoms with E-state index >= 15 is 0 Å². The summed E-state index contributed by atoms with van der Waals surface area (Å²) in [7, 11) is -4.09. The number of rotatable bonds is 1. The molecule has 0 saturated heterocycles. The molecule has 0 heterocycles. The van der Waals surface area contributed by atoms with Crippen molar-refractivity contribution in [3.05, 3.63) is 0 Å². The Hall–Kier alpha value is 5.02. The van der Waals surface area contributed by atoms with Crippen LogP contribution in [0.1, 0.15) is 4.28 Å². The van der Waals surface area contributed by atoms with Crippen molar-refractivity contribution in [3.63, 3.8) is 0 Å². The average molecular weight is 232 g/mol. The fourth-order valence-electron chi connectivity index (χ4n) is 0. The quantitative estimate of drug-likeness (QED) is 0.310. The maximum atomic E-state index is 9.44. The van der Waals surface area contributed by atoms with Gasteiger partial charge in [-0.25, -0.2) is 0 Å². The molecular weight excluding hydrogens is 224 g/mol. The minimum Gasteiger partial charge on any atom is -1.00 e. The Kier molecular flexibility index (Phi) is 34.2. The minimum absolute atomic E-state index is 0. The van der Waals surface area contributed by atoms with Crippen LogP contribution in [0.3, 0.4) is 0 Å². The molecule has 44 valence electrons. The molecule has 0 bridgehead atoms. The van der Waals surface area contributed by atoms with Crippen molar-refractivity contribution >= 4 is 7.60 Å². The number of aliphatic hydroxyl groups is 1. The first-order chi connectivity index (χ1) is 2.56. The fourth-order valence-corrected chi connectivity index (χ4v) is 0. The Morgan fingerprint density at radius 2 is 1.33 bits per heavy atom. The summed E-state index contributed by atoms with van der Waals surface area (Å²) in [5, 5.41) is 7.64. The number of hydrogen-bond acceptors (Lipinski definition) is 2. The van der Waals surface area contributed by atoms with Gasteiger partial charge in [0.1, 0.15) is 6.35 Å². The van der Waals surface area contributed by atoms with Gasteiger partial charge < -0.3 is 19.2 Å². The molecule has 0 aromatic carbocycles. The molecule has 0 aliphatic carbocycles. The van der Waals surface area contributed by atoms with E-state index in [0.29, 0.717) is 0 Å². The van der Waals surface area contributed by atoms with Gasteiger partial charge >= 0.3 is 162 Å². The van der Waals surface area contributed by atoms with Crippen LogP contribution < -0.4 is 154 Å². The monoisotopic (exact) mass is 232 g/mol. The third kappa shape index (κ3) is 24.6. The zero-order valence-electron chi connectivity index (χ0n) is 8.90. The van der Waals surface area contributed by atoms with E-state index in [-0.39, 0.29) is 158 Å². The Bertz CT molecular complexity index is 89.6. The zero-order valence-corrected chi connectivity index (χ0v) is 16.2. The standard InChI is InChI=1S/CH5O4P.3K.3H/c2-1-6(3,4)5;;;;;;/h2H,1H2,(H2,3,4,5);;;;;;/q;3*+1;3*-1. The van der Waals surface area contributed by atoms with Crippen molar-refractivity contribution < 1.29 is 178 Å². The molecule has 0 amide bonds. The van der Waals surface area contributed by atoms with Crippen molar-refractivity contribution in [2.24, 2.45) is 0 Å². The van der Waals surface area contributed by atoms with E-state index in [1.807, 2.05) is 0 Å². The Morgan fingerprint density at radius 1 is 1.22 bits per heavy atom. The van der Waals surface area contributed by atoms with Gasteiger partial charge in [0.2, 0.25) is 0 Å². The molecule has 0 aromatic rings. The Labute approximate surface area is 186 Å². The second-order valence-corrected chi connectivity index (χ2v) is 2.42. The summed E-state index contributed by atoms with van der Waals surface area (Å²) in [6.45, 7) is 0. The molecule has 8 heteroatoms. The van der Waals surface area contributed by atoms with Crippen LogP contribution in [0.2, 0.25) is 0 Å². The maximum Gasteiger partial charge on any atom is 1.00 e. The second-order valence-electron chi connectivity index (χ2n) is 0.806. The largest absolute Gasteiger partial charge is 1.00 e. The van der Waals surface area contributed by atoms with E-state index < -0.39 is 13.9 Å². The predicted octanol–water partition coefficient (Wildman–Crippen LogP) is -9.54. The molecule has 0 radical (unpaired) electrons. The number of aliphatic hydroxyl groups excluding tert-OH is 1. The molecular formula is CH8K3O4P. The van der Waals surface area contributed by atoms with Crippen LogP contribution in [0.25, 0.3) is 0 Å². The Balaban J connectivity index is -0.00000000833. The van der Waals surface area contributed by atoms with E-state index in [4.69, 9.17) is 14.9 Å². The van der Waals surface area contributed by atoms with Crippen LogP contribution in [0.15, 0.2) is 0 Å². The maximum absolute atomic E-state index is 9.44. The molecule has 0 aliphatic rings. The second kappa shape index (κ2) is 13.0. The average Bonchev–Trinajstić information content (AvgIpc) is 1.35. The summed E-state index contributed by atoms with van der Waals surface area (Å²) in [6.07, 6.45) is -1.06. The van der Waals surface area contributed by atoms with Gasteiger partial charge in [0.15, 0.2) is 0 Å². The van der Waals surface area contributed by atoms with Crippen molar-refractivity contribution in [1.82, 2.24) is 0 Å². The molecule has 3 N–H and O–H groups in total. The predicted molar refractivity (Wildman–Crippen MR) is 22.5 cm³/mol. The van der Waals surface area contributed by atoms with Gasteiger partial charge in [-0.15, -0.1) is 0 Å². The summed E-state index contributed by atoms with van der Waals surface area (Å²) in [6, 6.07) is 0. The minimum atomic E-state index is -4.09. The molecule has 0 unspecified atom stereocenters. The fraction of sp³-hybridized carbons (Fsp3) is 1.00. The summed E-state index contributed by atoms with van der Waals surface area (Å²) in [4.78, 5) is 15.4. The van der Waals surface area contributed by atoms with Crippen molar-refractivity contribution in [2.75, 3.05) is 6.35 Å². The molecule has 4 nitrogen and oxygen atoms in total. The molecule has 0 rings (SSSR count). The van der Waals surface area contributed by atoms with Crippen LogP contribution in [-0.4, -0.2) is 21.2 Å². The molecule has 0 saturated carbocycles. The summed E-state index contributed by atoms with van der Waals surface area (Å²) in [5.41, 5.74) is 0. The molecule has 0 spiro atoms. The summed E-state index contributed by atoms with van der Waals surface area (Å²) < 4.78 is 9.44. The van der Waals surface area contributed by atoms with Crippen LogP contribution in [0.5, 0.6) is 0 Å². The molecule has 9 heavy (non-hydrogen) atoms. The van der Waals surface area contributed by atoms with E-state index in [0.717, 1.165) is 0 Å². The van der Waals surface area contributed by atoms with Crippen LogP contribution >= 0.6 is 7.60 Å². The third-order valence-corrected chi connectivity index (χ3v) is 0.553. The van der Waals surface area contributed by atoms with Crippen molar-refractivity contribution in [3.8, 4) is 0 Å². The first-order valence-electron chi connectivity index (χ1n) is 1.22. The van der Waals surface area contributed by atoms with Gasteiger partial charge in [0, 0.05) is 0 Å². The molecule has 0 atom stereocenters. The molecule has 0 aromatic heterocycles. The van der Waals surface area contributed by atoms with Gasteiger partial charge in [-0.1, -0.05) is 0 Å². The van der Waals surface area contributed by atoms with Crippen LogP contribution in [0.4, 0.5) is 0 Å². The first kappa shape index (κ1) is 23.7. The summed E-state index contributed by atoms with van der Waals surface area (Å²) in [5.74, 6) is 0.